The van der Waals surface area contributed by atoms with Crippen molar-refractivity contribution in [3.63, 3.8) is 0 Å². The molecule has 21 heavy (non-hydrogen) atoms. The van der Waals surface area contributed by atoms with Crippen LogP contribution in [-0.2, 0) is 16.1 Å². The smallest absolute Gasteiger partial charge is 0.327 e. The van der Waals surface area contributed by atoms with Crippen LogP contribution in [0, 0.1) is 0 Å². The molecule has 2 heterocycles. The SMILES string of the molecule is CCOC(=O)Cn1nc(C(C)C)c2cc(NC)sc2c1=O. The van der Waals surface area contributed by atoms with Gasteiger partial charge >= 0.3 is 5.97 Å². The van der Waals surface area contributed by atoms with Gasteiger partial charge in [-0.3, -0.25) is 9.59 Å². The number of aromatic nitrogens is 2. The summed E-state index contributed by atoms with van der Waals surface area (Å²) >= 11 is 1.37. The number of nitrogens with one attached hydrogen (secondary N) is 1. The van der Waals surface area contributed by atoms with Crippen molar-refractivity contribution in [2.75, 3.05) is 19.0 Å². The fraction of sp³-hybridized carbons (Fsp3) is 0.500. The lowest BCUT2D eigenvalue weighted by molar-refractivity contribution is -0.144. The van der Waals surface area contributed by atoms with Gasteiger partial charge in [0.1, 0.15) is 11.2 Å². The average molecular weight is 309 g/mol. The summed E-state index contributed by atoms with van der Waals surface area (Å²) in [6.07, 6.45) is 0. The summed E-state index contributed by atoms with van der Waals surface area (Å²) in [4.78, 5) is 24.1. The molecular formula is C14H19N3O3S. The fourth-order valence-corrected chi connectivity index (χ4v) is 3.04. The maximum absolute atomic E-state index is 12.4. The van der Waals surface area contributed by atoms with Crippen molar-refractivity contribution in [1.82, 2.24) is 9.78 Å². The van der Waals surface area contributed by atoms with E-state index in [2.05, 4.69) is 10.4 Å². The van der Waals surface area contributed by atoms with Crippen molar-refractivity contribution in [2.45, 2.75) is 33.2 Å². The summed E-state index contributed by atoms with van der Waals surface area (Å²) in [7, 11) is 1.81. The van der Waals surface area contributed by atoms with Crippen molar-refractivity contribution < 1.29 is 9.53 Å². The third-order valence-electron chi connectivity index (χ3n) is 3.04. The van der Waals surface area contributed by atoms with Crippen LogP contribution in [0.4, 0.5) is 5.00 Å². The minimum atomic E-state index is -0.452. The van der Waals surface area contributed by atoms with Crippen LogP contribution in [0.25, 0.3) is 10.1 Å². The Morgan fingerprint density at radius 3 is 2.81 bits per heavy atom. The molecule has 7 heteroatoms. The van der Waals surface area contributed by atoms with Crippen LogP contribution in [-0.4, -0.2) is 29.4 Å². The third-order valence-corrected chi connectivity index (χ3v) is 4.18. The third kappa shape index (κ3) is 3.07. The van der Waals surface area contributed by atoms with Gasteiger partial charge < -0.3 is 10.1 Å². The van der Waals surface area contributed by atoms with E-state index in [9.17, 15) is 9.59 Å². The molecule has 0 saturated heterocycles. The summed E-state index contributed by atoms with van der Waals surface area (Å²) in [5.41, 5.74) is 0.556. The first kappa shape index (κ1) is 15.5. The largest absolute Gasteiger partial charge is 0.465 e. The van der Waals surface area contributed by atoms with Crippen LogP contribution < -0.4 is 10.9 Å². The Kier molecular flexibility index (Phi) is 4.62. The van der Waals surface area contributed by atoms with Gasteiger partial charge in [0.15, 0.2) is 0 Å². The number of hydrogen-bond donors (Lipinski definition) is 1. The van der Waals surface area contributed by atoms with Gasteiger partial charge in [-0.1, -0.05) is 13.8 Å². The Hall–Kier alpha value is -1.89. The Bertz CT molecular complexity index is 718. The molecule has 0 atom stereocenters. The molecule has 0 radical (unpaired) electrons. The summed E-state index contributed by atoms with van der Waals surface area (Å²) in [5.74, 6) is -0.299. The van der Waals surface area contributed by atoms with E-state index >= 15 is 0 Å². The van der Waals surface area contributed by atoms with Crippen molar-refractivity contribution in [1.29, 1.82) is 0 Å². The Morgan fingerprint density at radius 2 is 2.24 bits per heavy atom. The lowest BCUT2D eigenvalue weighted by atomic mass is 10.1. The quantitative estimate of drug-likeness (QED) is 0.857. The van der Waals surface area contributed by atoms with Gasteiger partial charge in [0.2, 0.25) is 0 Å². The highest BCUT2D eigenvalue weighted by Gasteiger charge is 2.17. The molecule has 0 fully saturated rings. The van der Waals surface area contributed by atoms with Gasteiger partial charge in [0.25, 0.3) is 5.56 Å². The van der Waals surface area contributed by atoms with Crippen LogP contribution in [0.1, 0.15) is 32.4 Å². The van der Waals surface area contributed by atoms with Crippen LogP contribution >= 0.6 is 11.3 Å². The van der Waals surface area contributed by atoms with E-state index in [1.165, 1.54) is 16.0 Å². The molecular weight excluding hydrogens is 290 g/mol. The predicted octanol–water partition coefficient (Wildman–Crippen LogP) is 2.19. The summed E-state index contributed by atoms with van der Waals surface area (Å²) < 4.78 is 6.71. The molecule has 0 spiro atoms. The molecule has 2 rings (SSSR count). The van der Waals surface area contributed by atoms with E-state index in [0.29, 0.717) is 4.70 Å². The number of esters is 1. The number of fused-ring (bicyclic) bond motifs is 1. The Morgan fingerprint density at radius 1 is 1.52 bits per heavy atom. The molecule has 0 bridgehead atoms. The lowest BCUT2D eigenvalue weighted by Gasteiger charge is -2.10. The maximum Gasteiger partial charge on any atom is 0.327 e. The molecule has 0 aliphatic heterocycles. The van der Waals surface area contributed by atoms with E-state index in [-0.39, 0.29) is 24.6 Å². The second-order valence-electron chi connectivity index (χ2n) is 4.91. The zero-order valence-electron chi connectivity index (χ0n) is 12.6. The van der Waals surface area contributed by atoms with Gasteiger partial charge in [-0.2, -0.15) is 5.10 Å². The number of carbonyl (C=O) groups is 1. The molecule has 2 aromatic rings. The van der Waals surface area contributed by atoms with Gasteiger partial charge in [-0.25, -0.2) is 4.68 Å². The molecule has 0 saturated carbocycles. The Balaban J connectivity index is 2.59. The molecule has 0 unspecified atom stereocenters. The zero-order chi connectivity index (χ0) is 15.6. The van der Waals surface area contributed by atoms with Gasteiger partial charge in [-0.15, -0.1) is 11.3 Å². The van der Waals surface area contributed by atoms with E-state index in [4.69, 9.17) is 4.74 Å². The number of thiophene rings is 1. The molecule has 114 valence electrons. The van der Waals surface area contributed by atoms with E-state index in [1.807, 2.05) is 27.0 Å². The van der Waals surface area contributed by atoms with Crippen molar-refractivity contribution >= 4 is 32.4 Å². The van der Waals surface area contributed by atoms with E-state index < -0.39 is 5.97 Å². The number of ether oxygens (including phenoxy) is 1. The molecule has 6 nitrogen and oxygen atoms in total. The number of carbonyl (C=O) groups excluding carboxylic acids is 1. The van der Waals surface area contributed by atoms with Crippen LogP contribution in [0.15, 0.2) is 10.9 Å². The standard InChI is InChI=1S/C14H19N3O3S/c1-5-20-11(18)7-17-14(19)13-9(6-10(15-4)21-13)12(16-17)8(2)3/h6,8,15H,5,7H2,1-4H3. The monoisotopic (exact) mass is 309 g/mol. The molecule has 0 amide bonds. The highest BCUT2D eigenvalue weighted by Crippen LogP contribution is 2.31. The van der Waals surface area contributed by atoms with Crippen LogP contribution in [0.3, 0.4) is 0 Å². The first-order chi connectivity index (χ1) is 9.97. The Labute approximate surface area is 126 Å². The first-order valence-electron chi connectivity index (χ1n) is 6.85. The second kappa shape index (κ2) is 6.26. The highest BCUT2D eigenvalue weighted by atomic mass is 32.1. The molecule has 0 aliphatic carbocycles. The number of nitrogens with zero attached hydrogens (tertiary/aromatic N) is 2. The first-order valence-corrected chi connectivity index (χ1v) is 7.67. The lowest BCUT2D eigenvalue weighted by Crippen LogP contribution is -2.28. The number of hydrogen-bond acceptors (Lipinski definition) is 6. The number of rotatable bonds is 5. The molecule has 1 N–H and O–H groups in total. The van der Waals surface area contributed by atoms with Crippen molar-refractivity contribution in [3.05, 3.63) is 22.1 Å². The summed E-state index contributed by atoms with van der Waals surface area (Å²) in [6.45, 7) is 5.88. The number of anilines is 1. The van der Waals surface area contributed by atoms with Gasteiger partial charge in [0.05, 0.1) is 17.3 Å². The molecule has 0 aliphatic rings. The van der Waals surface area contributed by atoms with E-state index in [0.717, 1.165) is 16.1 Å². The van der Waals surface area contributed by atoms with Crippen molar-refractivity contribution in [2.24, 2.45) is 0 Å². The van der Waals surface area contributed by atoms with E-state index in [1.54, 1.807) is 6.92 Å². The molecule has 2 aromatic heterocycles. The summed E-state index contributed by atoms with van der Waals surface area (Å²) in [5, 5.41) is 9.15. The second-order valence-corrected chi connectivity index (χ2v) is 5.96. The average Bonchev–Trinajstić information content (AvgIpc) is 2.86. The fourth-order valence-electron chi connectivity index (χ4n) is 2.07. The van der Waals surface area contributed by atoms with Gasteiger partial charge in [0, 0.05) is 12.4 Å². The normalized spacial score (nSPS) is 11.1. The minimum absolute atomic E-state index is 0.154. The summed E-state index contributed by atoms with van der Waals surface area (Å²) in [6, 6.07) is 1.93. The molecule has 0 aromatic carbocycles. The predicted molar refractivity (Wildman–Crippen MR) is 84.1 cm³/mol. The topological polar surface area (TPSA) is 73.2 Å². The van der Waals surface area contributed by atoms with Crippen molar-refractivity contribution in [3.8, 4) is 0 Å². The minimum Gasteiger partial charge on any atom is -0.465 e. The van der Waals surface area contributed by atoms with Gasteiger partial charge in [-0.05, 0) is 18.9 Å². The van der Waals surface area contributed by atoms with Crippen LogP contribution in [0.2, 0.25) is 0 Å². The maximum atomic E-state index is 12.4. The highest BCUT2D eigenvalue weighted by molar-refractivity contribution is 7.22. The zero-order valence-corrected chi connectivity index (χ0v) is 13.4. The van der Waals surface area contributed by atoms with Crippen LogP contribution in [0.5, 0.6) is 0 Å².